The summed E-state index contributed by atoms with van der Waals surface area (Å²) in [6, 6.07) is 50.2. The Morgan fingerprint density at radius 2 is 1.35 bits per heavy atom. The summed E-state index contributed by atoms with van der Waals surface area (Å²) in [5, 5.41) is 5.11. The van der Waals surface area contributed by atoms with Crippen LogP contribution >= 0.6 is 11.3 Å². The van der Waals surface area contributed by atoms with Crippen LogP contribution < -0.4 is 11.2 Å². The van der Waals surface area contributed by atoms with Crippen LogP contribution in [0.4, 0.5) is 0 Å². The number of hydrogen-bond acceptors (Lipinski definition) is 2. The summed E-state index contributed by atoms with van der Waals surface area (Å²) in [4.78, 5) is 5.21. The predicted octanol–water partition coefficient (Wildman–Crippen LogP) is 10.0. The Bertz CT molecular complexity index is 2560. The summed E-state index contributed by atoms with van der Waals surface area (Å²) in [6.07, 6.45) is 9.03. The number of allylic oxidation sites excluding steroid dienone is 3. The molecule has 236 valence electrons. The minimum Gasteiger partial charge on any atom is -0.387 e. The zero-order valence-corrected chi connectivity index (χ0v) is 27.7. The monoisotopic (exact) mass is 651 g/mol. The fraction of sp³-hybridized carbons (Fsp3) is 0.0682. The average Bonchev–Trinajstić information content (AvgIpc) is 3.71. The van der Waals surface area contributed by atoms with Gasteiger partial charge < -0.3 is 5.73 Å². The van der Waals surface area contributed by atoms with E-state index in [2.05, 4.69) is 174 Å². The first kappa shape index (κ1) is 29.4. The van der Waals surface area contributed by atoms with E-state index in [-0.39, 0.29) is 12.1 Å². The molecule has 0 aliphatic heterocycles. The number of benzene rings is 6. The third-order valence-corrected chi connectivity index (χ3v) is 10.9. The number of rotatable bonds is 7. The summed E-state index contributed by atoms with van der Waals surface area (Å²) in [5.74, 6) is 0.740. The van der Waals surface area contributed by atoms with Gasteiger partial charge in [0.2, 0.25) is 6.17 Å². The van der Waals surface area contributed by atoms with Crippen LogP contribution in [0.5, 0.6) is 0 Å². The molecule has 0 radical (unpaired) electrons. The third kappa shape index (κ3) is 5.34. The van der Waals surface area contributed by atoms with Crippen LogP contribution in [0.2, 0.25) is 0 Å². The molecule has 0 saturated heterocycles. The van der Waals surface area contributed by atoms with Gasteiger partial charge in [-0.15, -0.1) is 11.3 Å². The lowest BCUT2D eigenvalue weighted by Crippen LogP contribution is -2.88. The number of hydrogen-bond donors (Lipinski definition) is 2. The van der Waals surface area contributed by atoms with E-state index >= 15 is 0 Å². The number of quaternary nitrogens is 1. The fourth-order valence-electron chi connectivity index (χ4n) is 7.18. The number of thiophene rings is 1. The van der Waals surface area contributed by atoms with Crippen molar-refractivity contribution in [2.45, 2.75) is 12.6 Å². The molecule has 2 aromatic heterocycles. The molecule has 6 aromatic carbocycles. The van der Waals surface area contributed by atoms with E-state index in [4.69, 9.17) is 10.7 Å². The number of aliphatic imine (C=N–C) groups is 1. The Labute approximate surface area is 289 Å². The van der Waals surface area contributed by atoms with Gasteiger partial charge >= 0.3 is 0 Å². The molecule has 0 spiro atoms. The molecule has 5 heteroatoms. The van der Waals surface area contributed by atoms with Crippen molar-refractivity contribution in [1.82, 2.24) is 4.68 Å². The quantitative estimate of drug-likeness (QED) is 0.101. The summed E-state index contributed by atoms with van der Waals surface area (Å²) in [7, 11) is 0. The SMILES string of the molecule is NC(=NC([NH2+]n1c2cc(-c3ccc(-c4ccccc4)cc3)ccc2c2c3sc4ccccc4c3ccc21)c1ccccc1)C1C=CC=CC1. The van der Waals surface area contributed by atoms with Crippen molar-refractivity contribution in [3.8, 4) is 22.3 Å². The maximum Gasteiger partial charge on any atom is 0.230 e. The summed E-state index contributed by atoms with van der Waals surface area (Å²) < 4.78 is 4.98. The highest BCUT2D eigenvalue weighted by Gasteiger charge is 2.24. The van der Waals surface area contributed by atoms with Gasteiger partial charge in [0.05, 0.1) is 0 Å². The normalized spacial score (nSPS) is 15.5. The largest absolute Gasteiger partial charge is 0.387 e. The van der Waals surface area contributed by atoms with Crippen LogP contribution in [0.15, 0.2) is 169 Å². The molecule has 8 aromatic rings. The van der Waals surface area contributed by atoms with E-state index in [1.165, 1.54) is 58.7 Å². The third-order valence-electron chi connectivity index (χ3n) is 9.72. The second-order valence-electron chi connectivity index (χ2n) is 12.7. The first-order valence-corrected chi connectivity index (χ1v) is 17.6. The van der Waals surface area contributed by atoms with Crippen molar-refractivity contribution in [3.05, 3.63) is 169 Å². The molecule has 2 atom stereocenters. The van der Waals surface area contributed by atoms with Gasteiger partial charge in [-0.1, -0.05) is 146 Å². The van der Waals surface area contributed by atoms with Gasteiger partial charge in [-0.3, -0.25) is 0 Å². The lowest BCUT2D eigenvalue weighted by Gasteiger charge is -2.18. The van der Waals surface area contributed by atoms with E-state index in [1.807, 2.05) is 11.3 Å². The summed E-state index contributed by atoms with van der Waals surface area (Å²) in [6.45, 7) is 0. The number of fused-ring (bicyclic) bond motifs is 7. The molecule has 4 N–H and O–H groups in total. The molecule has 0 fully saturated rings. The standard InChI is InChI=1S/C44H34N4S/c45-43(32-14-6-2-7-15-32)46-44(33-16-8-3-9-17-33)47-48-38-27-26-36-35-18-10-11-19-40(35)49-42(36)41(38)37-25-24-34(28-39(37)48)31-22-20-30(21-23-31)29-12-4-1-5-13-29/h1-14,16-28,32,44,47H,15H2,(H2,45,46)/p+1. The second kappa shape index (κ2) is 12.4. The average molecular weight is 652 g/mol. The zero-order chi connectivity index (χ0) is 32.7. The molecule has 0 amide bonds. The van der Waals surface area contributed by atoms with E-state index in [0.29, 0.717) is 5.84 Å². The predicted molar refractivity (Wildman–Crippen MR) is 208 cm³/mol. The van der Waals surface area contributed by atoms with Gasteiger partial charge in [0, 0.05) is 42.4 Å². The van der Waals surface area contributed by atoms with Crippen LogP contribution in [0.25, 0.3) is 64.2 Å². The first-order valence-electron chi connectivity index (χ1n) is 16.8. The van der Waals surface area contributed by atoms with Gasteiger partial charge in [-0.25, -0.2) is 10.4 Å². The highest BCUT2D eigenvalue weighted by Crippen LogP contribution is 2.42. The minimum atomic E-state index is -0.272. The van der Waals surface area contributed by atoms with Gasteiger partial charge in [0.15, 0.2) is 0 Å². The molecule has 49 heavy (non-hydrogen) atoms. The number of nitrogens with zero attached hydrogens (tertiary/aromatic N) is 2. The number of amidine groups is 1. The molecular weight excluding hydrogens is 617 g/mol. The molecule has 0 saturated carbocycles. The molecule has 2 heterocycles. The molecule has 0 bridgehead atoms. The van der Waals surface area contributed by atoms with E-state index < -0.39 is 0 Å². The Hall–Kier alpha value is -5.75. The lowest BCUT2D eigenvalue weighted by atomic mass is 9.99. The van der Waals surface area contributed by atoms with Crippen molar-refractivity contribution in [2.75, 3.05) is 0 Å². The van der Waals surface area contributed by atoms with E-state index in [9.17, 15) is 0 Å². The Morgan fingerprint density at radius 3 is 2.12 bits per heavy atom. The maximum atomic E-state index is 6.75. The Kier molecular flexibility index (Phi) is 7.42. The minimum absolute atomic E-state index is 0.0893. The first-order chi connectivity index (χ1) is 24.2. The molecule has 9 rings (SSSR count). The Balaban J connectivity index is 1.23. The second-order valence-corrected chi connectivity index (χ2v) is 13.7. The topological polar surface area (TPSA) is 59.9 Å². The van der Waals surface area contributed by atoms with Crippen LogP contribution in [0.3, 0.4) is 0 Å². The van der Waals surface area contributed by atoms with Crippen molar-refractivity contribution >= 4 is 59.2 Å². The van der Waals surface area contributed by atoms with Crippen LogP contribution in [-0.2, 0) is 0 Å². The Morgan fingerprint density at radius 1 is 0.673 bits per heavy atom. The molecule has 2 unspecified atom stereocenters. The number of nitrogens with two attached hydrogens (primary N) is 2. The van der Waals surface area contributed by atoms with Gasteiger partial charge in [0.1, 0.15) is 16.9 Å². The van der Waals surface area contributed by atoms with Crippen molar-refractivity contribution in [1.29, 1.82) is 0 Å². The summed E-state index contributed by atoms with van der Waals surface area (Å²) >= 11 is 1.88. The summed E-state index contributed by atoms with van der Waals surface area (Å²) in [5.41, 5.74) is 17.2. The van der Waals surface area contributed by atoms with Crippen molar-refractivity contribution in [3.63, 3.8) is 0 Å². The molecule has 4 nitrogen and oxygen atoms in total. The zero-order valence-electron chi connectivity index (χ0n) is 26.9. The van der Waals surface area contributed by atoms with E-state index in [0.717, 1.165) is 17.5 Å². The van der Waals surface area contributed by atoms with Gasteiger partial charge in [-0.05, 0) is 46.9 Å². The van der Waals surface area contributed by atoms with Crippen molar-refractivity contribution in [2.24, 2.45) is 16.6 Å². The number of aromatic nitrogens is 1. The van der Waals surface area contributed by atoms with E-state index in [1.54, 1.807) is 0 Å². The van der Waals surface area contributed by atoms with Gasteiger partial charge in [-0.2, -0.15) is 4.68 Å². The highest BCUT2D eigenvalue weighted by molar-refractivity contribution is 7.26. The maximum absolute atomic E-state index is 6.75. The molecule has 1 aliphatic carbocycles. The molecular formula is C44H35N4S+. The lowest BCUT2D eigenvalue weighted by molar-refractivity contribution is -0.740. The van der Waals surface area contributed by atoms with Crippen LogP contribution in [0.1, 0.15) is 18.2 Å². The van der Waals surface area contributed by atoms with Crippen LogP contribution in [-0.4, -0.2) is 10.5 Å². The smallest absolute Gasteiger partial charge is 0.230 e. The van der Waals surface area contributed by atoms with Crippen molar-refractivity contribution < 1.29 is 5.43 Å². The van der Waals surface area contributed by atoms with Gasteiger partial charge in [0.25, 0.3) is 0 Å². The fourth-order valence-corrected chi connectivity index (χ4v) is 8.44. The van der Waals surface area contributed by atoms with Crippen LogP contribution in [0, 0.1) is 5.92 Å². The highest BCUT2D eigenvalue weighted by atomic mass is 32.1. The molecule has 1 aliphatic rings.